The number of rotatable bonds is 7. The van der Waals surface area contributed by atoms with Crippen molar-refractivity contribution >= 4 is 38.6 Å². The topological polar surface area (TPSA) is 59.0 Å². The molecular formula is C20H19NO4S2. The van der Waals surface area contributed by atoms with Gasteiger partial charge in [0.1, 0.15) is 15.8 Å². The summed E-state index contributed by atoms with van der Waals surface area (Å²) < 4.78 is 11.0. The van der Waals surface area contributed by atoms with Crippen molar-refractivity contribution in [2.75, 3.05) is 18.7 Å². The summed E-state index contributed by atoms with van der Waals surface area (Å²) in [5.74, 6) is -0.203. The Bertz CT molecular complexity index is 891. The first-order chi connectivity index (χ1) is 13.2. The molecule has 0 bridgehead atoms. The molecule has 1 unspecified atom stereocenters. The van der Waals surface area contributed by atoms with Crippen LogP contribution in [0.1, 0.15) is 16.7 Å². The van der Waals surface area contributed by atoms with Gasteiger partial charge < -0.3 is 14.6 Å². The smallest absolute Gasteiger partial charge is 0.333 e. The number of carboxylic acid groups (broad SMARTS) is 1. The van der Waals surface area contributed by atoms with Crippen molar-refractivity contribution < 1.29 is 19.4 Å². The van der Waals surface area contributed by atoms with Crippen LogP contribution < -0.4 is 9.64 Å². The summed E-state index contributed by atoms with van der Waals surface area (Å²) in [5, 5.41) is 15.8. The number of thiophene rings is 2. The van der Waals surface area contributed by atoms with Crippen molar-refractivity contribution in [1.29, 1.82) is 0 Å². The lowest BCUT2D eigenvalue weighted by Gasteiger charge is -2.28. The molecule has 3 aromatic rings. The Labute approximate surface area is 165 Å². The van der Waals surface area contributed by atoms with Gasteiger partial charge in [0.15, 0.2) is 12.8 Å². The van der Waals surface area contributed by atoms with Gasteiger partial charge in [0.05, 0.1) is 0 Å². The fourth-order valence-electron chi connectivity index (χ4n) is 3.16. The van der Waals surface area contributed by atoms with Gasteiger partial charge in [0.25, 0.3) is 0 Å². The van der Waals surface area contributed by atoms with Crippen molar-refractivity contribution in [1.82, 2.24) is 0 Å². The lowest BCUT2D eigenvalue weighted by atomic mass is 10.1. The van der Waals surface area contributed by atoms with Crippen LogP contribution in [0.3, 0.4) is 0 Å². The van der Waals surface area contributed by atoms with E-state index in [1.54, 1.807) is 22.7 Å². The molecule has 1 aromatic carbocycles. The zero-order valence-corrected chi connectivity index (χ0v) is 16.4. The Balaban J connectivity index is 1.44. The monoisotopic (exact) mass is 401 g/mol. The van der Waals surface area contributed by atoms with Crippen LogP contribution in [0.15, 0.2) is 47.2 Å². The van der Waals surface area contributed by atoms with Crippen LogP contribution in [0.2, 0.25) is 0 Å². The van der Waals surface area contributed by atoms with Crippen molar-refractivity contribution in [3.05, 3.63) is 63.8 Å². The van der Waals surface area contributed by atoms with Gasteiger partial charge in [0.2, 0.25) is 0 Å². The Morgan fingerprint density at radius 3 is 2.30 bits per heavy atom. The number of hydrogen-bond donors (Lipinski definition) is 1. The van der Waals surface area contributed by atoms with Gasteiger partial charge in [-0.1, -0.05) is 12.1 Å². The number of fused-ring (bicyclic) bond motifs is 2. The number of ether oxygens (including phenoxy) is 2. The van der Waals surface area contributed by atoms with E-state index in [0.717, 1.165) is 17.7 Å². The lowest BCUT2D eigenvalue weighted by Crippen LogP contribution is -2.25. The molecule has 1 N–H and O–H groups in total. The number of nitrogens with zero attached hydrogens (tertiary/aromatic N) is 1. The van der Waals surface area contributed by atoms with E-state index in [1.165, 1.54) is 28.2 Å². The Kier molecular flexibility index (Phi) is 5.15. The summed E-state index contributed by atoms with van der Waals surface area (Å²) in [4.78, 5) is 13.3. The lowest BCUT2D eigenvalue weighted by molar-refractivity contribution is -0.148. The number of carboxylic acids is 1. The number of benzene rings is 1. The Morgan fingerprint density at radius 1 is 1.11 bits per heavy atom. The van der Waals surface area contributed by atoms with E-state index in [1.807, 2.05) is 24.3 Å². The second kappa shape index (κ2) is 7.72. The van der Waals surface area contributed by atoms with Crippen molar-refractivity contribution in [2.24, 2.45) is 0 Å². The third kappa shape index (κ3) is 3.71. The molecule has 0 amide bonds. The minimum Gasteiger partial charge on any atom is -0.479 e. The predicted octanol–water partition coefficient (Wildman–Crippen LogP) is 4.53. The molecule has 0 saturated carbocycles. The molecule has 0 radical (unpaired) electrons. The molecule has 140 valence electrons. The molecule has 1 atom stereocenters. The molecule has 1 aliphatic heterocycles. The zero-order valence-electron chi connectivity index (χ0n) is 14.8. The van der Waals surface area contributed by atoms with E-state index >= 15 is 0 Å². The number of hydrogen-bond acceptors (Lipinski definition) is 6. The summed E-state index contributed by atoms with van der Waals surface area (Å²) in [7, 11) is 1.41. The highest BCUT2D eigenvalue weighted by molar-refractivity contribution is 7.17. The molecule has 27 heavy (non-hydrogen) atoms. The Hall–Kier alpha value is -2.35. The third-order valence-electron chi connectivity index (χ3n) is 4.58. The van der Waals surface area contributed by atoms with Crippen LogP contribution in [0.4, 0.5) is 10.0 Å². The van der Waals surface area contributed by atoms with Crippen molar-refractivity contribution in [2.45, 2.75) is 18.9 Å². The van der Waals surface area contributed by atoms with E-state index in [2.05, 4.69) is 27.8 Å². The van der Waals surface area contributed by atoms with Gasteiger partial charge >= 0.3 is 5.97 Å². The maximum atomic E-state index is 11.1. The van der Waals surface area contributed by atoms with E-state index < -0.39 is 12.1 Å². The molecule has 1 aliphatic rings. The van der Waals surface area contributed by atoms with Crippen molar-refractivity contribution in [3.8, 4) is 5.75 Å². The van der Waals surface area contributed by atoms with Gasteiger partial charge in [-0.2, -0.15) is 0 Å². The van der Waals surface area contributed by atoms with Crippen LogP contribution >= 0.6 is 22.7 Å². The normalized spacial score (nSPS) is 13.7. The summed E-state index contributed by atoms with van der Waals surface area (Å²) in [6, 6.07) is 11.9. The fourth-order valence-corrected chi connectivity index (χ4v) is 5.07. The van der Waals surface area contributed by atoms with Gasteiger partial charge in [-0.05, 0) is 51.7 Å². The number of methoxy groups -OCH3 is 1. The molecule has 0 spiro atoms. The van der Waals surface area contributed by atoms with E-state index in [-0.39, 0.29) is 0 Å². The van der Waals surface area contributed by atoms with Crippen LogP contribution in [0, 0.1) is 0 Å². The molecular weight excluding hydrogens is 382 g/mol. The second-order valence-corrected chi connectivity index (χ2v) is 8.08. The van der Waals surface area contributed by atoms with E-state index in [4.69, 9.17) is 14.6 Å². The highest BCUT2D eigenvalue weighted by Crippen LogP contribution is 2.44. The van der Waals surface area contributed by atoms with Gasteiger partial charge in [0, 0.05) is 20.0 Å². The summed E-state index contributed by atoms with van der Waals surface area (Å²) >= 11 is 3.47. The third-order valence-corrected chi connectivity index (χ3v) is 6.54. The maximum absolute atomic E-state index is 11.1. The molecule has 7 heteroatoms. The number of aliphatic carboxylic acids is 1. The highest BCUT2D eigenvalue weighted by Gasteiger charge is 2.25. The first-order valence-corrected chi connectivity index (χ1v) is 10.3. The van der Waals surface area contributed by atoms with Crippen molar-refractivity contribution in [3.63, 3.8) is 0 Å². The molecule has 5 nitrogen and oxygen atoms in total. The predicted molar refractivity (Wildman–Crippen MR) is 108 cm³/mol. The summed E-state index contributed by atoms with van der Waals surface area (Å²) in [5.41, 5.74) is 3.57. The maximum Gasteiger partial charge on any atom is 0.333 e. The first-order valence-electron chi connectivity index (χ1n) is 8.53. The van der Waals surface area contributed by atoms with Crippen LogP contribution in [0.5, 0.6) is 5.75 Å². The van der Waals surface area contributed by atoms with Crippen LogP contribution in [-0.4, -0.2) is 31.0 Å². The summed E-state index contributed by atoms with van der Waals surface area (Å²) in [6.07, 6.45) is 0.474. The second-order valence-electron chi connectivity index (χ2n) is 6.29. The molecule has 0 saturated heterocycles. The minimum atomic E-state index is -0.957. The van der Waals surface area contributed by atoms with E-state index in [9.17, 15) is 4.79 Å². The zero-order chi connectivity index (χ0) is 18.8. The number of carbonyl (C=O) groups is 1. The minimum absolute atomic E-state index is 0.329. The van der Waals surface area contributed by atoms with Gasteiger partial charge in [-0.25, -0.2) is 4.79 Å². The standard InChI is InChI=1S/C20H19NO4S2/c1-24-17(20(22)23)10-13-2-4-16(5-3-13)25-12-21-18-14(6-8-26-18)11-15-7-9-27-19(15)21/h2-9,17H,10-12H2,1H3,(H,22,23). The highest BCUT2D eigenvalue weighted by atomic mass is 32.1. The average molecular weight is 402 g/mol. The Morgan fingerprint density at radius 2 is 1.74 bits per heavy atom. The van der Waals surface area contributed by atoms with Gasteiger partial charge in [-0.15, -0.1) is 22.7 Å². The quantitative estimate of drug-likeness (QED) is 0.630. The molecule has 4 rings (SSSR count). The first kappa shape index (κ1) is 18.0. The SMILES string of the molecule is COC(Cc1ccc(OCN2c3sccc3Cc3ccsc32)cc1)C(=O)O. The summed E-state index contributed by atoms with van der Waals surface area (Å²) in [6.45, 7) is 0.441. The van der Waals surface area contributed by atoms with Gasteiger partial charge in [-0.3, -0.25) is 4.90 Å². The number of anilines is 2. The largest absolute Gasteiger partial charge is 0.479 e. The molecule has 3 heterocycles. The van der Waals surface area contributed by atoms with Crippen LogP contribution in [0.25, 0.3) is 0 Å². The molecule has 0 aliphatic carbocycles. The van der Waals surface area contributed by atoms with E-state index in [0.29, 0.717) is 13.2 Å². The molecule has 2 aromatic heterocycles. The fraction of sp³-hybridized carbons (Fsp3) is 0.250. The van der Waals surface area contributed by atoms with Crippen LogP contribution in [-0.2, 0) is 22.4 Å². The molecule has 0 fully saturated rings. The average Bonchev–Trinajstić information content (AvgIpc) is 3.32.